The molecule has 0 aliphatic heterocycles. The standard InChI is InChI=1S/C9H9F5N2O2S/c10-5-2-1-3-6(15)7(5)19(17,18)16-4-9(13,14)8(11)12/h1-3,8,16H,4,15H2. The number of nitrogens with one attached hydrogen (secondary N) is 1. The maximum atomic E-state index is 13.3. The Labute approximate surface area is 105 Å². The van der Waals surface area contributed by atoms with Gasteiger partial charge in [-0.25, -0.2) is 26.3 Å². The van der Waals surface area contributed by atoms with Gasteiger partial charge in [0.1, 0.15) is 10.7 Å². The van der Waals surface area contributed by atoms with Crippen molar-refractivity contribution in [3.8, 4) is 0 Å². The zero-order valence-electron chi connectivity index (χ0n) is 9.21. The van der Waals surface area contributed by atoms with Gasteiger partial charge >= 0.3 is 12.3 Å². The molecule has 108 valence electrons. The fraction of sp³-hybridized carbons (Fsp3) is 0.333. The van der Waals surface area contributed by atoms with E-state index < -0.39 is 45.3 Å². The van der Waals surface area contributed by atoms with E-state index >= 15 is 0 Å². The highest BCUT2D eigenvalue weighted by molar-refractivity contribution is 7.89. The maximum Gasteiger partial charge on any atom is 0.320 e. The van der Waals surface area contributed by atoms with Crippen LogP contribution in [0.1, 0.15) is 0 Å². The molecule has 0 unspecified atom stereocenters. The Morgan fingerprint density at radius 2 is 1.89 bits per heavy atom. The molecule has 0 heterocycles. The quantitative estimate of drug-likeness (QED) is 0.641. The molecule has 0 radical (unpaired) electrons. The molecule has 0 bridgehead atoms. The van der Waals surface area contributed by atoms with Crippen LogP contribution in [0, 0.1) is 5.82 Å². The van der Waals surface area contributed by atoms with E-state index in [4.69, 9.17) is 5.73 Å². The lowest BCUT2D eigenvalue weighted by Crippen LogP contribution is -2.41. The number of hydrogen-bond acceptors (Lipinski definition) is 3. The first-order chi connectivity index (χ1) is 8.58. The molecular weight excluding hydrogens is 295 g/mol. The average molecular weight is 304 g/mol. The first-order valence-electron chi connectivity index (χ1n) is 4.77. The fourth-order valence-corrected chi connectivity index (χ4v) is 2.38. The number of rotatable bonds is 5. The molecule has 0 saturated carbocycles. The normalized spacial score (nSPS) is 12.9. The van der Waals surface area contributed by atoms with Gasteiger partial charge in [0, 0.05) is 0 Å². The molecular formula is C9H9F5N2O2S. The van der Waals surface area contributed by atoms with E-state index in [0.717, 1.165) is 18.2 Å². The van der Waals surface area contributed by atoms with Crippen molar-refractivity contribution in [1.29, 1.82) is 0 Å². The highest BCUT2D eigenvalue weighted by Gasteiger charge is 2.42. The minimum absolute atomic E-state index is 0.520. The summed E-state index contributed by atoms with van der Waals surface area (Å²) < 4.78 is 86.5. The van der Waals surface area contributed by atoms with Crippen LogP contribution >= 0.6 is 0 Å². The molecule has 3 N–H and O–H groups in total. The van der Waals surface area contributed by atoms with Crippen LogP contribution in [0.15, 0.2) is 23.1 Å². The zero-order valence-corrected chi connectivity index (χ0v) is 10.0. The first kappa shape index (κ1) is 15.6. The van der Waals surface area contributed by atoms with Crippen LogP contribution in [0.3, 0.4) is 0 Å². The Morgan fingerprint density at radius 3 is 2.37 bits per heavy atom. The molecule has 10 heteroatoms. The van der Waals surface area contributed by atoms with Crippen LogP contribution in [0.4, 0.5) is 27.6 Å². The van der Waals surface area contributed by atoms with Gasteiger partial charge in [-0.1, -0.05) is 6.07 Å². The highest BCUT2D eigenvalue weighted by Crippen LogP contribution is 2.25. The van der Waals surface area contributed by atoms with Gasteiger partial charge < -0.3 is 5.73 Å². The summed E-state index contributed by atoms with van der Waals surface area (Å²) in [7, 11) is -4.75. The SMILES string of the molecule is Nc1cccc(F)c1S(=O)(=O)NCC(F)(F)C(F)F. The van der Waals surface area contributed by atoms with Gasteiger partial charge in [-0.15, -0.1) is 0 Å². The lowest BCUT2D eigenvalue weighted by Gasteiger charge is -2.16. The number of hydrogen-bond donors (Lipinski definition) is 2. The molecule has 0 atom stereocenters. The van der Waals surface area contributed by atoms with Crippen molar-refractivity contribution in [3.05, 3.63) is 24.0 Å². The number of sulfonamides is 1. The van der Waals surface area contributed by atoms with Gasteiger partial charge in [0.25, 0.3) is 0 Å². The lowest BCUT2D eigenvalue weighted by atomic mass is 10.3. The summed E-state index contributed by atoms with van der Waals surface area (Å²) in [4.78, 5) is -1.06. The van der Waals surface area contributed by atoms with Crippen molar-refractivity contribution in [2.24, 2.45) is 0 Å². The van der Waals surface area contributed by atoms with Gasteiger partial charge in [0.15, 0.2) is 0 Å². The van der Waals surface area contributed by atoms with Gasteiger partial charge in [-0.2, -0.15) is 8.78 Å². The van der Waals surface area contributed by atoms with Gasteiger partial charge in [-0.3, -0.25) is 0 Å². The molecule has 19 heavy (non-hydrogen) atoms. The Morgan fingerprint density at radius 1 is 1.32 bits per heavy atom. The second kappa shape index (κ2) is 5.29. The summed E-state index contributed by atoms with van der Waals surface area (Å²) in [6.07, 6.45) is -4.05. The summed E-state index contributed by atoms with van der Waals surface area (Å²) >= 11 is 0. The number of nitrogens with two attached hydrogens (primary N) is 1. The summed E-state index contributed by atoms with van der Waals surface area (Å²) in [5.41, 5.74) is 4.69. The summed E-state index contributed by atoms with van der Waals surface area (Å²) in [5.74, 6) is -5.83. The number of anilines is 1. The van der Waals surface area contributed by atoms with Crippen LogP contribution in [0.5, 0.6) is 0 Å². The van der Waals surface area contributed by atoms with Crippen LogP contribution in [-0.2, 0) is 10.0 Å². The Hall–Kier alpha value is -1.42. The second-order valence-corrected chi connectivity index (χ2v) is 5.25. The molecule has 4 nitrogen and oxygen atoms in total. The molecule has 1 rings (SSSR count). The number of nitrogen functional groups attached to an aromatic ring is 1. The van der Waals surface area contributed by atoms with E-state index in [9.17, 15) is 30.4 Å². The maximum absolute atomic E-state index is 13.3. The Balaban J connectivity index is 3.01. The topological polar surface area (TPSA) is 72.2 Å². The summed E-state index contributed by atoms with van der Waals surface area (Å²) in [6, 6.07) is 2.89. The van der Waals surface area contributed by atoms with Crippen LogP contribution in [0.2, 0.25) is 0 Å². The molecule has 0 fully saturated rings. The van der Waals surface area contributed by atoms with Crippen LogP contribution < -0.4 is 10.5 Å². The smallest absolute Gasteiger partial charge is 0.320 e. The number of benzene rings is 1. The van der Waals surface area contributed by atoms with Gasteiger partial charge in [0.2, 0.25) is 10.0 Å². The summed E-state index contributed by atoms with van der Waals surface area (Å²) in [6.45, 7) is -1.86. The minimum atomic E-state index is -4.75. The number of halogens is 5. The molecule has 0 aliphatic carbocycles. The van der Waals surface area contributed by atoms with E-state index in [1.165, 1.54) is 4.72 Å². The number of alkyl halides is 4. The fourth-order valence-electron chi connectivity index (χ4n) is 1.15. The molecule has 0 aromatic heterocycles. The summed E-state index contributed by atoms with van der Waals surface area (Å²) in [5, 5.41) is 0. The monoisotopic (exact) mass is 304 g/mol. The van der Waals surface area contributed by atoms with Crippen molar-refractivity contribution in [3.63, 3.8) is 0 Å². The van der Waals surface area contributed by atoms with Crippen molar-refractivity contribution in [2.75, 3.05) is 12.3 Å². The van der Waals surface area contributed by atoms with E-state index in [2.05, 4.69) is 0 Å². The molecule has 0 amide bonds. The average Bonchev–Trinajstić information content (AvgIpc) is 2.26. The van der Waals surface area contributed by atoms with Crippen LogP contribution in [0.25, 0.3) is 0 Å². The molecule has 0 aliphatic rings. The van der Waals surface area contributed by atoms with E-state index in [1.54, 1.807) is 0 Å². The Kier molecular flexibility index (Phi) is 4.35. The Bertz CT molecular complexity index is 541. The second-order valence-electron chi connectivity index (χ2n) is 3.54. The van der Waals surface area contributed by atoms with Crippen molar-refractivity contribution < 1.29 is 30.4 Å². The zero-order chi connectivity index (χ0) is 14.8. The molecule has 1 aromatic carbocycles. The molecule has 0 saturated heterocycles. The molecule has 1 aromatic rings. The minimum Gasteiger partial charge on any atom is -0.398 e. The van der Waals surface area contributed by atoms with Gasteiger partial charge in [-0.05, 0) is 12.1 Å². The first-order valence-corrected chi connectivity index (χ1v) is 6.26. The van der Waals surface area contributed by atoms with Gasteiger partial charge in [0.05, 0.1) is 12.2 Å². The predicted molar refractivity (Wildman–Crippen MR) is 57.0 cm³/mol. The van der Waals surface area contributed by atoms with E-state index in [0.29, 0.717) is 0 Å². The molecule has 0 spiro atoms. The predicted octanol–water partition coefficient (Wildman–Crippen LogP) is 1.59. The van der Waals surface area contributed by atoms with Crippen molar-refractivity contribution in [1.82, 2.24) is 4.72 Å². The van der Waals surface area contributed by atoms with E-state index in [-0.39, 0.29) is 0 Å². The van der Waals surface area contributed by atoms with E-state index in [1.807, 2.05) is 0 Å². The van der Waals surface area contributed by atoms with Crippen molar-refractivity contribution >= 4 is 15.7 Å². The van der Waals surface area contributed by atoms with Crippen molar-refractivity contribution in [2.45, 2.75) is 17.2 Å². The third-order valence-electron chi connectivity index (χ3n) is 2.08. The van der Waals surface area contributed by atoms with Crippen LogP contribution in [-0.4, -0.2) is 27.3 Å². The highest BCUT2D eigenvalue weighted by atomic mass is 32.2. The third-order valence-corrected chi connectivity index (χ3v) is 3.58. The lowest BCUT2D eigenvalue weighted by molar-refractivity contribution is -0.122. The third kappa shape index (κ3) is 3.53. The largest absolute Gasteiger partial charge is 0.398 e.